The van der Waals surface area contributed by atoms with Crippen LogP contribution in [0.3, 0.4) is 0 Å². The topological polar surface area (TPSA) is 159 Å². The zero-order valence-corrected chi connectivity index (χ0v) is 25.6. The molecule has 0 aliphatic carbocycles. The number of piperazine rings is 1. The van der Waals surface area contributed by atoms with E-state index in [2.05, 4.69) is 39.3 Å². The number of nitrogen functional groups attached to an aromatic ring is 1. The highest BCUT2D eigenvalue weighted by Crippen LogP contribution is 2.27. The molecule has 228 valence electrons. The first-order chi connectivity index (χ1) is 20.5. The number of carbonyl (C=O) groups excluding carboxylic acids is 1. The fourth-order valence-corrected chi connectivity index (χ4v) is 4.89. The summed E-state index contributed by atoms with van der Waals surface area (Å²) < 4.78 is 0. The second kappa shape index (κ2) is 13.7. The summed E-state index contributed by atoms with van der Waals surface area (Å²) in [5.74, 6) is 6.73. The SMILES string of the molecule is CC(C)N1CCN(C(=O)c2ccc(C(=N)c3c(N)ncnc3Nc3ccc(NC/C=C(\ON)C(C)(C)C)cc3)cc2)CC1. The molecule has 7 N–H and O–H groups in total. The Morgan fingerprint density at radius 2 is 1.60 bits per heavy atom. The Balaban J connectivity index is 1.43. The zero-order chi connectivity index (χ0) is 31.1. The van der Waals surface area contributed by atoms with Crippen LogP contribution in [0.15, 0.2) is 66.7 Å². The molecule has 0 unspecified atom stereocenters. The van der Waals surface area contributed by atoms with Gasteiger partial charge >= 0.3 is 0 Å². The standard InChI is InChI=1S/C32H43N9O2/c1-21(2)40-16-18-41(19-17-40)31(42)23-8-6-22(7-9-23)28(33)27-29(34)37-20-38-30(27)39-25-12-10-24(11-13-25)36-15-14-26(43-35)32(3,4)5/h6-14,20-21,33,36H,15-19,35H2,1-5H3,(H3,34,37,38,39)/b26-14-,33-28?. The van der Waals surface area contributed by atoms with Gasteiger partial charge in [-0.05, 0) is 56.3 Å². The lowest BCUT2D eigenvalue weighted by molar-refractivity contribution is 0.0595. The van der Waals surface area contributed by atoms with Crippen molar-refractivity contribution in [2.24, 2.45) is 11.3 Å². The first kappa shape index (κ1) is 31.5. The van der Waals surface area contributed by atoms with Crippen molar-refractivity contribution in [3.8, 4) is 0 Å². The fourth-order valence-electron chi connectivity index (χ4n) is 4.89. The van der Waals surface area contributed by atoms with E-state index < -0.39 is 0 Å². The van der Waals surface area contributed by atoms with Crippen molar-refractivity contribution < 1.29 is 9.63 Å². The molecule has 1 amide bonds. The van der Waals surface area contributed by atoms with E-state index in [1.807, 2.05) is 56.0 Å². The van der Waals surface area contributed by atoms with Gasteiger partial charge in [0.25, 0.3) is 5.91 Å². The molecule has 0 bridgehead atoms. The van der Waals surface area contributed by atoms with Crippen molar-refractivity contribution >= 4 is 34.6 Å². The van der Waals surface area contributed by atoms with Crippen LogP contribution in [0.2, 0.25) is 0 Å². The largest absolute Gasteiger partial charge is 0.416 e. The van der Waals surface area contributed by atoms with Crippen molar-refractivity contribution in [2.45, 2.75) is 40.7 Å². The second-order valence-electron chi connectivity index (χ2n) is 11.9. The van der Waals surface area contributed by atoms with Gasteiger partial charge in [0.05, 0.1) is 11.3 Å². The third-order valence-corrected chi connectivity index (χ3v) is 7.49. The molecule has 4 rings (SSSR count). The van der Waals surface area contributed by atoms with Gasteiger partial charge in [0, 0.05) is 66.7 Å². The molecule has 1 saturated heterocycles. The molecule has 1 fully saturated rings. The van der Waals surface area contributed by atoms with Crippen LogP contribution in [0.1, 0.15) is 56.1 Å². The van der Waals surface area contributed by atoms with Gasteiger partial charge in [-0.25, -0.2) is 9.97 Å². The van der Waals surface area contributed by atoms with E-state index >= 15 is 0 Å². The summed E-state index contributed by atoms with van der Waals surface area (Å²) in [7, 11) is 0. The molecular formula is C32H43N9O2. The summed E-state index contributed by atoms with van der Waals surface area (Å²) in [6.45, 7) is 14.2. The van der Waals surface area contributed by atoms with Crippen molar-refractivity contribution in [3.05, 3.63) is 83.4 Å². The van der Waals surface area contributed by atoms with Crippen LogP contribution in [-0.2, 0) is 4.84 Å². The highest BCUT2D eigenvalue weighted by molar-refractivity contribution is 6.16. The predicted octanol–water partition coefficient (Wildman–Crippen LogP) is 4.62. The highest BCUT2D eigenvalue weighted by Gasteiger charge is 2.24. The molecule has 11 nitrogen and oxygen atoms in total. The molecular weight excluding hydrogens is 542 g/mol. The van der Waals surface area contributed by atoms with Crippen LogP contribution in [0, 0.1) is 10.8 Å². The summed E-state index contributed by atoms with van der Waals surface area (Å²) in [5.41, 5.74) is 9.49. The maximum Gasteiger partial charge on any atom is 0.253 e. The van der Waals surface area contributed by atoms with Crippen LogP contribution >= 0.6 is 0 Å². The number of allylic oxidation sites excluding steroid dienone is 1. The molecule has 1 aliphatic heterocycles. The summed E-state index contributed by atoms with van der Waals surface area (Å²) >= 11 is 0. The minimum atomic E-state index is -0.183. The van der Waals surface area contributed by atoms with Gasteiger partial charge in [0.2, 0.25) is 0 Å². The zero-order valence-electron chi connectivity index (χ0n) is 25.6. The van der Waals surface area contributed by atoms with Crippen LogP contribution in [0.4, 0.5) is 23.0 Å². The molecule has 1 aromatic heterocycles. The number of nitrogens with two attached hydrogens (primary N) is 2. The van der Waals surface area contributed by atoms with E-state index in [1.165, 1.54) is 6.33 Å². The Morgan fingerprint density at radius 1 is 1.00 bits per heavy atom. The minimum absolute atomic E-state index is 0.00251. The van der Waals surface area contributed by atoms with Gasteiger partial charge in [-0.1, -0.05) is 32.9 Å². The van der Waals surface area contributed by atoms with Crippen molar-refractivity contribution in [1.82, 2.24) is 19.8 Å². The van der Waals surface area contributed by atoms with Gasteiger partial charge in [0.15, 0.2) is 0 Å². The fraction of sp³-hybridized carbons (Fsp3) is 0.375. The smallest absolute Gasteiger partial charge is 0.253 e. The number of nitrogens with one attached hydrogen (secondary N) is 3. The van der Waals surface area contributed by atoms with Crippen molar-refractivity contribution in [1.29, 1.82) is 5.41 Å². The Bertz CT molecular complexity index is 1440. The van der Waals surface area contributed by atoms with E-state index in [-0.39, 0.29) is 22.9 Å². The molecule has 2 heterocycles. The van der Waals surface area contributed by atoms with Crippen LogP contribution < -0.4 is 22.3 Å². The molecule has 0 spiro atoms. The summed E-state index contributed by atoms with van der Waals surface area (Å²) in [5, 5.41) is 15.5. The predicted molar refractivity (Wildman–Crippen MR) is 172 cm³/mol. The third-order valence-electron chi connectivity index (χ3n) is 7.49. The van der Waals surface area contributed by atoms with Crippen LogP contribution in [0.5, 0.6) is 0 Å². The van der Waals surface area contributed by atoms with Crippen LogP contribution in [0.25, 0.3) is 0 Å². The minimum Gasteiger partial charge on any atom is -0.416 e. The van der Waals surface area contributed by atoms with Crippen molar-refractivity contribution in [2.75, 3.05) is 49.1 Å². The lowest BCUT2D eigenvalue weighted by Crippen LogP contribution is -2.50. The first-order valence-corrected chi connectivity index (χ1v) is 14.5. The Morgan fingerprint density at radius 3 is 2.19 bits per heavy atom. The van der Waals surface area contributed by atoms with E-state index in [1.54, 1.807) is 24.3 Å². The number of hydrogen-bond acceptors (Lipinski definition) is 10. The monoisotopic (exact) mass is 585 g/mol. The van der Waals surface area contributed by atoms with E-state index in [0.717, 1.165) is 24.5 Å². The Labute approximate surface area is 253 Å². The quantitative estimate of drug-likeness (QED) is 0.130. The average molecular weight is 586 g/mol. The number of anilines is 4. The normalized spacial score (nSPS) is 14.5. The number of amides is 1. The maximum absolute atomic E-state index is 13.1. The number of rotatable bonds is 10. The highest BCUT2D eigenvalue weighted by atomic mass is 16.6. The average Bonchev–Trinajstić information content (AvgIpc) is 2.99. The maximum atomic E-state index is 13.1. The second-order valence-corrected chi connectivity index (χ2v) is 11.9. The molecule has 2 aromatic carbocycles. The van der Waals surface area contributed by atoms with Crippen LogP contribution in [-0.4, -0.2) is 70.2 Å². The molecule has 43 heavy (non-hydrogen) atoms. The molecule has 0 radical (unpaired) electrons. The number of nitrogens with zero attached hydrogens (tertiary/aromatic N) is 4. The molecule has 11 heteroatoms. The van der Waals surface area contributed by atoms with E-state index in [4.69, 9.17) is 21.9 Å². The lowest BCUT2D eigenvalue weighted by atomic mass is 9.93. The van der Waals surface area contributed by atoms with Gasteiger partial charge < -0.3 is 26.1 Å². The molecule has 0 saturated carbocycles. The van der Waals surface area contributed by atoms with Crippen molar-refractivity contribution in [3.63, 3.8) is 0 Å². The summed E-state index contributed by atoms with van der Waals surface area (Å²) in [6, 6.07) is 15.2. The molecule has 3 aromatic rings. The van der Waals surface area contributed by atoms with E-state index in [9.17, 15) is 4.79 Å². The van der Waals surface area contributed by atoms with Gasteiger partial charge in [-0.15, -0.1) is 0 Å². The number of hydrogen-bond donors (Lipinski definition) is 5. The Hall–Kier alpha value is -4.48. The number of aromatic nitrogens is 2. The molecule has 1 aliphatic rings. The molecule has 0 atom stereocenters. The van der Waals surface area contributed by atoms with E-state index in [0.29, 0.717) is 53.9 Å². The number of benzene rings is 2. The Kier molecular flexibility index (Phi) is 9.99. The van der Waals surface area contributed by atoms with Gasteiger partial charge in [0.1, 0.15) is 23.7 Å². The summed E-state index contributed by atoms with van der Waals surface area (Å²) in [4.78, 5) is 30.9. The lowest BCUT2D eigenvalue weighted by Gasteiger charge is -2.37. The third kappa shape index (κ3) is 7.88. The number of carbonyl (C=O) groups is 1. The van der Waals surface area contributed by atoms with Gasteiger partial charge in [-0.3, -0.25) is 15.1 Å². The van der Waals surface area contributed by atoms with Gasteiger partial charge in [-0.2, -0.15) is 5.90 Å². The first-order valence-electron chi connectivity index (χ1n) is 14.5. The summed E-state index contributed by atoms with van der Waals surface area (Å²) in [6.07, 6.45) is 3.29.